The van der Waals surface area contributed by atoms with E-state index >= 15 is 0 Å². The average Bonchev–Trinajstić information content (AvgIpc) is 2.36. The quantitative estimate of drug-likeness (QED) is 0.814. The smallest absolute Gasteiger partial charge is 0.207 e. The standard InChI is InChI=1S/C16H25NO2S/c1-6-14(5)16(11-12(2)3)17-20(18,19)15-9-7-13(4)8-10-15/h6-10,12,16-17H,11H2,1-5H3/b14-6+/t16-/m1/s1. The second-order valence-corrected chi connectivity index (χ2v) is 7.36. The highest BCUT2D eigenvalue weighted by atomic mass is 32.2. The first-order valence-corrected chi connectivity index (χ1v) is 8.46. The Morgan fingerprint density at radius 3 is 2.25 bits per heavy atom. The van der Waals surface area contributed by atoms with Crippen LogP contribution in [-0.2, 0) is 10.0 Å². The van der Waals surface area contributed by atoms with Crippen molar-refractivity contribution >= 4 is 10.0 Å². The summed E-state index contributed by atoms with van der Waals surface area (Å²) in [6.07, 6.45) is 2.76. The molecule has 20 heavy (non-hydrogen) atoms. The van der Waals surface area contributed by atoms with Gasteiger partial charge in [0.1, 0.15) is 0 Å². The molecule has 1 aromatic rings. The van der Waals surface area contributed by atoms with Gasteiger partial charge in [0, 0.05) is 6.04 Å². The van der Waals surface area contributed by atoms with Gasteiger partial charge < -0.3 is 0 Å². The number of allylic oxidation sites excluding steroid dienone is 1. The van der Waals surface area contributed by atoms with E-state index in [1.165, 1.54) is 0 Å². The molecule has 3 nitrogen and oxygen atoms in total. The predicted octanol–water partition coefficient (Wildman–Crippen LogP) is 3.65. The molecule has 0 amide bonds. The van der Waals surface area contributed by atoms with Crippen LogP contribution in [0.3, 0.4) is 0 Å². The molecular weight excluding hydrogens is 270 g/mol. The summed E-state index contributed by atoms with van der Waals surface area (Å²) < 4.78 is 27.6. The molecule has 0 aliphatic heterocycles. The lowest BCUT2D eigenvalue weighted by Gasteiger charge is -2.21. The second-order valence-electron chi connectivity index (χ2n) is 5.65. The van der Waals surface area contributed by atoms with Gasteiger partial charge in [-0.25, -0.2) is 13.1 Å². The molecule has 0 aromatic heterocycles. The Kier molecular flexibility index (Phi) is 5.96. The lowest BCUT2D eigenvalue weighted by molar-refractivity contribution is 0.494. The van der Waals surface area contributed by atoms with Crippen molar-refractivity contribution in [2.24, 2.45) is 5.92 Å². The maximum absolute atomic E-state index is 12.4. The van der Waals surface area contributed by atoms with Crippen LogP contribution in [0.1, 0.15) is 39.7 Å². The van der Waals surface area contributed by atoms with Crippen LogP contribution >= 0.6 is 0 Å². The van der Waals surface area contributed by atoms with Gasteiger partial charge in [-0.3, -0.25) is 0 Å². The molecule has 1 atom stereocenters. The van der Waals surface area contributed by atoms with E-state index in [1.807, 2.05) is 39.0 Å². The molecule has 0 bridgehead atoms. The van der Waals surface area contributed by atoms with Crippen LogP contribution in [0.25, 0.3) is 0 Å². The zero-order valence-electron chi connectivity index (χ0n) is 13.0. The summed E-state index contributed by atoms with van der Waals surface area (Å²) >= 11 is 0. The molecule has 0 aliphatic rings. The van der Waals surface area contributed by atoms with Crippen LogP contribution in [0.15, 0.2) is 40.8 Å². The number of nitrogens with one attached hydrogen (secondary N) is 1. The highest BCUT2D eigenvalue weighted by Crippen LogP contribution is 2.17. The maximum Gasteiger partial charge on any atom is 0.241 e. The fourth-order valence-electron chi connectivity index (χ4n) is 1.97. The van der Waals surface area contributed by atoms with Crippen molar-refractivity contribution in [1.82, 2.24) is 4.72 Å². The summed E-state index contributed by atoms with van der Waals surface area (Å²) in [6, 6.07) is 6.78. The van der Waals surface area contributed by atoms with E-state index in [1.54, 1.807) is 12.1 Å². The Balaban J connectivity index is 2.99. The zero-order valence-corrected chi connectivity index (χ0v) is 13.8. The van der Waals surface area contributed by atoms with Crippen LogP contribution in [0.2, 0.25) is 0 Å². The summed E-state index contributed by atoms with van der Waals surface area (Å²) in [5, 5.41) is 0. The van der Waals surface area contributed by atoms with Gasteiger partial charge in [0.05, 0.1) is 4.90 Å². The van der Waals surface area contributed by atoms with Crippen molar-refractivity contribution in [3.8, 4) is 0 Å². The highest BCUT2D eigenvalue weighted by molar-refractivity contribution is 7.89. The third-order valence-corrected chi connectivity index (χ3v) is 4.83. The summed E-state index contributed by atoms with van der Waals surface area (Å²) in [7, 11) is -3.47. The summed E-state index contributed by atoms with van der Waals surface area (Å²) in [4.78, 5) is 0.320. The largest absolute Gasteiger partial charge is 0.241 e. The van der Waals surface area contributed by atoms with Crippen molar-refractivity contribution in [3.63, 3.8) is 0 Å². The first-order chi connectivity index (χ1) is 9.26. The SMILES string of the molecule is C/C=C(\C)[C@@H](CC(C)C)NS(=O)(=O)c1ccc(C)cc1. The molecule has 1 N–H and O–H groups in total. The molecule has 1 aromatic carbocycles. The Morgan fingerprint density at radius 1 is 1.25 bits per heavy atom. The predicted molar refractivity (Wildman–Crippen MR) is 84.2 cm³/mol. The minimum absolute atomic E-state index is 0.147. The molecule has 0 fully saturated rings. The van der Waals surface area contributed by atoms with Crippen LogP contribution in [0, 0.1) is 12.8 Å². The van der Waals surface area contributed by atoms with Crippen LogP contribution < -0.4 is 4.72 Å². The second kappa shape index (κ2) is 7.04. The Bertz CT molecular complexity index is 557. The average molecular weight is 295 g/mol. The molecule has 112 valence electrons. The molecule has 4 heteroatoms. The molecule has 0 spiro atoms. The molecule has 1 rings (SSSR count). The number of hydrogen-bond donors (Lipinski definition) is 1. The number of aryl methyl sites for hydroxylation is 1. The summed E-state index contributed by atoms with van der Waals surface area (Å²) in [5.74, 6) is 0.426. The van der Waals surface area contributed by atoms with Gasteiger partial charge in [0.2, 0.25) is 10.0 Å². The highest BCUT2D eigenvalue weighted by Gasteiger charge is 2.21. The van der Waals surface area contributed by atoms with Crippen molar-refractivity contribution < 1.29 is 8.42 Å². The number of hydrogen-bond acceptors (Lipinski definition) is 2. The first kappa shape index (κ1) is 16.9. The minimum atomic E-state index is -3.47. The van der Waals surface area contributed by atoms with Crippen molar-refractivity contribution in [1.29, 1.82) is 0 Å². The molecular formula is C16H25NO2S. The lowest BCUT2D eigenvalue weighted by atomic mass is 9.99. The summed E-state index contributed by atoms with van der Waals surface area (Å²) in [5.41, 5.74) is 2.10. The molecule has 0 saturated carbocycles. The van der Waals surface area contributed by atoms with Crippen LogP contribution in [0.5, 0.6) is 0 Å². The number of sulfonamides is 1. The van der Waals surface area contributed by atoms with E-state index < -0.39 is 10.0 Å². The van der Waals surface area contributed by atoms with E-state index in [4.69, 9.17) is 0 Å². The monoisotopic (exact) mass is 295 g/mol. The maximum atomic E-state index is 12.4. The van der Waals surface area contributed by atoms with E-state index in [9.17, 15) is 8.42 Å². The van der Waals surface area contributed by atoms with Crippen LogP contribution in [-0.4, -0.2) is 14.5 Å². The number of rotatable bonds is 6. The minimum Gasteiger partial charge on any atom is -0.207 e. The normalized spacial score (nSPS) is 14.6. The van der Waals surface area contributed by atoms with Crippen molar-refractivity contribution in [2.75, 3.05) is 0 Å². The third kappa shape index (κ3) is 4.76. The van der Waals surface area contributed by atoms with Gasteiger partial charge in [-0.2, -0.15) is 0 Å². The molecule has 0 heterocycles. The zero-order chi connectivity index (χ0) is 15.3. The first-order valence-electron chi connectivity index (χ1n) is 6.98. The Hall–Kier alpha value is -1.13. The van der Waals surface area contributed by atoms with Gasteiger partial charge in [0.15, 0.2) is 0 Å². The summed E-state index contributed by atoms with van der Waals surface area (Å²) in [6.45, 7) is 10.0. The molecule has 0 aliphatic carbocycles. The fraction of sp³-hybridized carbons (Fsp3) is 0.500. The van der Waals surface area contributed by atoms with E-state index in [0.717, 1.165) is 17.6 Å². The molecule has 0 radical (unpaired) electrons. The van der Waals surface area contributed by atoms with E-state index in [0.29, 0.717) is 10.8 Å². The van der Waals surface area contributed by atoms with Gasteiger partial charge in [0.25, 0.3) is 0 Å². The van der Waals surface area contributed by atoms with Gasteiger partial charge >= 0.3 is 0 Å². The van der Waals surface area contributed by atoms with E-state index in [2.05, 4.69) is 18.6 Å². The molecule has 0 saturated heterocycles. The topological polar surface area (TPSA) is 46.2 Å². The molecule has 0 unspecified atom stereocenters. The lowest BCUT2D eigenvalue weighted by Crippen LogP contribution is -2.36. The third-order valence-electron chi connectivity index (χ3n) is 3.34. The van der Waals surface area contributed by atoms with Gasteiger partial charge in [-0.05, 0) is 45.2 Å². The fourth-order valence-corrected chi connectivity index (χ4v) is 3.26. The van der Waals surface area contributed by atoms with Crippen LogP contribution in [0.4, 0.5) is 0 Å². The van der Waals surface area contributed by atoms with Gasteiger partial charge in [-0.1, -0.05) is 43.2 Å². The number of benzene rings is 1. The Labute approximate surface area is 123 Å². The van der Waals surface area contributed by atoms with Crippen molar-refractivity contribution in [2.45, 2.75) is 52.0 Å². The van der Waals surface area contributed by atoms with Gasteiger partial charge in [-0.15, -0.1) is 0 Å². The van der Waals surface area contributed by atoms with Crippen molar-refractivity contribution in [3.05, 3.63) is 41.5 Å². The van der Waals surface area contributed by atoms with E-state index in [-0.39, 0.29) is 6.04 Å². The Morgan fingerprint density at radius 2 is 1.80 bits per heavy atom.